The molecule has 0 radical (unpaired) electrons. The lowest BCUT2D eigenvalue weighted by atomic mass is 10.1. The van der Waals surface area contributed by atoms with E-state index in [1.165, 1.54) is 5.56 Å². The minimum atomic E-state index is -0.191. The molecule has 1 unspecified atom stereocenters. The Hall–Kier alpha value is -2.17. The summed E-state index contributed by atoms with van der Waals surface area (Å²) in [7, 11) is 0. The fourth-order valence-corrected chi connectivity index (χ4v) is 2.55. The van der Waals surface area contributed by atoms with Crippen LogP contribution in [0.5, 0.6) is 0 Å². The van der Waals surface area contributed by atoms with Crippen molar-refractivity contribution in [1.29, 1.82) is 0 Å². The molecule has 0 aliphatic carbocycles. The Bertz CT molecular complexity index is 639. The van der Waals surface area contributed by atoms with Gasteiger partial charge >= 0.3 is 0 Å². The van der Waals surface area contributed by atoms with Crippen molar-refractivity contribution < 1.29 is 4.74 Å². The normalized spacial score (nSPS) is 17.1. The molecule has 1 aliphatic rings. The zero-order valence-electron chi connectivity index (χ0n) is 12.1. The molecular formula is C17H19N3O. The smallest absolute Gasteiger partial charge is 0.187 e. The molecule has 0 bridgehead atoms. The lowest BCUT2D eigenvalue weighted by Gasteiger charge is -2.33. The van der Waals surface area contributed by atoms with E-state index in [1.54, 1.807) is 0 Å². The van der Waals surface area contributed by atoms with Crippen LogP contribution in [-0.2, 0) is 11.3 Å². The number of aliphatic imine (C=N–C) groups is 1. The highest BCUT2D eigenvalue weighted by molar-refractivity contribution is 5.79. The van der Waals surface area contributed by atoms with E-state index in [0.717, 1.165) is 17.8 Å². The van der Waals surface area contributed by atoms with Gasteiger partial charge in [-0.3, -0.25) is 0 Å². The van der Waals surface area contributed by atoms with Gasteiger partial charge in [0, 0.05) is 25.7 Å². The van der Waals surface area contributed by atoms with Crippen LogP contribution in [0.2, 0.25) is 0 Å². The van der Waals surface area contributed by atoms with Crippen molar-refractivity contribution >= 4 is 11.6 Å². The van der Waals surface area contributed by atoms with E-state index in [1.807, 2.05) is 49.4 Å². The van der Waals surface area contributed by atoms with Gasteiger partial charge in [0.25, 0.3) is 0 Å². The number of fused-ring (bicyclic) bond motifs is 1. The van der Waals surface area contributed by atoms with Gasteiger partial charge in [0.15, 0.2) is 12.1 Å². The average Bonchev–Trinajstić information content (AvgIpc) is 2.53. The molecule has 3 rings (SSSR count). The molecule has 2 aromatic carbocycles. The number of nitrogens with zero attached hydrogens (tertiary/aromatic N) is 2. The van der Waals surface area contributed by atoms with Crippen LogP contribution in [0.1, 0.15) is 24.3 Å². The van der Waals surface area contributed by atoms with E-state index in [9.17, 15) is 0 Å². The van der Waals surface area contributed by atoms with E-state index in [0.29, 0.717) is 12.6 Å². The van der Waals surface area contributed by atoms with Crippen LogP contribution in [0, 0.1) is 0 Å². The van der Waals surface area contributed by atoms with Crippen molar-refractivity contribution in [2.75, 3.05) is 6.67 Å². The largest absolute Gasteiger partial charge is 0.458 e. The average molecular weight is 281 g/mol. The molecule has 0 saturated heterocycles. The van der Waals surface area contributed by atoms with E-state index in [-0.39, 0.29) is 6.23 Å². The maximum absolute atomic E-state index is 5.96. The Morgan fingerprint density at radius 1 is 1.10 bits per heavy atom. The molecule has 108 valence electrons. The molecule has 0 fully saturated rings. The highest BCUT2D eigenvalue weighted by atomic mass is 16.5. The Kier molecular flexibility index (Phi) is 3.99. The number of hydrogen-bond donors (Lipinski definition) is 1. The highest BCUT2D eigenvalue weighted by Gasteiger charge is 2.27. The van der Waals surface area contributed by atoms with Crippen LogP contribution in [0.15, 0.2) is 59.6 Å². The topological polar surface area (TPSA) is 50.8 Å². The summed E-state index contributed by atoms with van der Waals surface area (Å²) in [4.78, 5) is 6.55. The molecule has 21 heavy (non-hydrogen) atoms. The summed E-state index contributed by atoms with van der Waals surface area (Å²) in [6.45, 7) is 3.03. The van der Waals surface area contributed by atoms with Crippen molar-refractivity contribution in [3.05, 3.63) is 65.7 Å². The maximum Gasteiger partial charge on any atom is 0.187 e. The summed E-state index contributed by atoms with van der Waals surface area (Å²) < 4.78 is 5.93. The van der Waals surface area contributed by atoms with Crippen molar-refractivity contribution in [2.24, 2.45) is 10.7 Å². The predicted octanol–water partition coefficient (Wildman–Crippen LogP) is 3.18. The molecule has 2 N–H and O–H groups in total. The third-order valence-electron chi connectivity index (χ3n) is 3.56. The molecule has 0 amide bonds. The summed E-state index contributed by atoms with van der Waals surface area (Å²) in [6, 6.07) is 18.3. The first-order valence-electron chi connectivity index (χ1n) is 7.07. The Labute approximate surface area is 124 Å². The molecule has 0 aromatic heterocycles. The van der Waals surface area contributed by atoms with Crippen molar-refractivity contribution in [3.63, 3.8) is 0 Å². The number of para-hydroxylation sites is 1. The van der Waals surface area contributed by atoms with E-state index in [4.69, 9.17) is 10.5 Å². The molecular weight excluding hydrogens is 262 g/mol. The molecule has 1 atom stereocenters. The Balaban J connectivity index is 1.89. The fourth-order valence-electron chi connectivity index (χ4n) is 2.55. The minimum absolute atomic E-state index is 0.191. The maximum atomic E-state index is 5.96. The van der Waals surface area contributed by atoms with Crippen LogP contribution >= 0.6 is 0 Å². The van der Waals surface area contributed by atoms with E-state index < -0.39 is 0 Å². The first-order valence-corrected chi connectivity index (χ1v) is 7.07. The van der Waals surface area contributed by atoms with Gasteiger partial charge in [-0.15, -0.1) is 0 Å². The number of nitrogens with two attached hydrogens (primary N) is 1. The fraction of sp³-hybridized carbons (Fsp3) is 0.235. The molecule has 0 saturated carbocycles. The summed E-state index contributed by atoms with van der Waals surface area (Å²) in [5.41, 5.74) is 9.19. The second-order valence-electron chi connectivity index (χ2n) is 5.07. The van der Waals surface area contributed by atoms with Crippen molar-refractivity contribution in [1.82, 2.24) is 4.90 Å². The number of ether oxygens (including phenoxy) is 1. The minimum Gasteiger partial charge on any atom is -0.458 e. The SMILES string of the molecule is CC1=Nc2ccccc2C(N(CN)Cc2ccccc2)O1. The summed E-state index contributed by atoms with van der Waals surface area (Å²) in [5, 5.41) is 0. The second-order valence-corrected chi connectivity index (χ2v) is 5.07. The van der Waals surface area contributed by atoms with Crippen LogP contribution in [0.25, 0.3) is 0 Å². The van der Waals surface area contributed by atoms with Gasteiger partial charge in [0.1, 0.15) is 0 Å². The van der Waals surface area contributed by atoms with Gasteiger partial charge in [0.05, 0.1) is 5.69 Å². The third kappa shape index (κ3) is 2.96. The van der Waals surface area contributed by atoms with E-state index >= 15 is 0 Å². The van der Waals surface area contributed by atoms with Crippen molar-refractivity contribution in [2.45, 2.75) is 19.7 Å². The number of benzene rings is 2. The molecule has 1 aliphatic heterocycles. The third-order valence-corrected chi connectivity index (χ3v) is 3.56. The lowest BCUT2D eigenvalue weighted by Crippen LogP contribution is -2.36. The zero-order valence-corrected chi connectivity index (χ0v) is 12.1. The number of hydrogen-bond acceptors (Lipinski definition) is 4. The summed E-state index contributed by atoms with van der Waals surface area (Å²) in [6.07, 6.45) is -0.191. The van der Waals surface area contributed by atoms with Gasteiger partial charge in [-0.2, -0.15) is 0 Å². The van der Waals surface area contributed by atoms with Crippen LogP contribution < -0.4 is 5.73 Å². The van der Waals surface area contributed by atoms with Gasteiger partial charge in [-0.25, -0.2) is 9.89 Å². The zero-order chi connectivity index (χ0) is 14.7. The second kappa shape index (κ2) is 6.08. The monoisotopic (exact) mass is 281 g/mol. The van der Waals surface area contributed by atoms with Crippen LogP contribution in [0.3, 0.4) is 0 Å². The lowest BCUT2D eigenvalue weighted by molar-refractivity contribution is 0.00593. The molecule has 4 nitrogen and oxygen atoms in total. The van der Waals surface area contributed by atoms with Crippen molar-refractivity contribution in [3.8, 4) is 0 Å². The van der Waals surface area contributed by atoms with Gasteiger partial charge in [-0.05, 0) is 11.6 Å². The van der Waals surface area contributed by atoms with Crippen LogP contribution in [0.4, 0.5) is 5.69 Å². The number of rotatable bonds is 4. The molecule has 4 heteroatoms. The molecule has 1 heterocycles. The van der Waals surface area contributed by atoms with Gasteiger partial charge in [-0.1, -0.05) is 48.5 Å². The standard InChI is InChI=1S/C17H19N3O/c1-13-19-16-10-6-5-9-15(16)17(21-13)20(12-18)11-14-7-3-2-4-8-14/h2-10,17H,11-12,18H2,1H3. The van der Waals surface area contributed by atoms with E-state index in [2.05, 4.69) is 22.0 Å². The summed E-state index contributed by atoms with van der Waals surface area (Å²) >= 11 is 0. The highest BCUT2D eigenvalue weighted by Crippen LogP contribution is 2.35. The molecule has 0 spiro atoms. The van der Waals surface area contributed by atoms with Gasteiger partial charge < -0.3 is 10.5 Å². The predicted molar refractivity (Wildman–Crippen MR) is 84.1 cm³/mol. The molecule has 2 aromatic rings. The van der Waals surface area contributed by atoms with Gasteiger partial charge in [0.2, 0.25) is 0 Å². The quantitative estimate of drug-likeness (QED) is 0.876. The Morgan fingerprint density at radius 3 is 2.57 bits per heavy atom. The summed E-state index contributed by atoms with van der Waals surface area (Å²) in [5.74, 6) is 0.671. The van der Waals surface area contributed by atoms with Crippen LogP contribution in [-0.4, -0.2) is 17.5 Å². The first-order chi connectivity index (χ1) is 10.3. The first kappa shape index (κ1) is 13.8. The Morgan fingerprint density at radius 2 is 1.81 bits per heavy atom.